The Morgan fingerprint density at radius 1 is 1.14 bits per heavy atom. The van der Waals surface area contributed by atoms with Crippen molar-refractivity contribution in [3.63, 3.8) is 0 Å². The number of nitrogens with zero attached hydrogens (tertiary/aromatic N) is 1. The summed E-state index contributed by atoms with van der Waals surface area (Å²) in [7, 11) is -4.07. The number of nitrogens with one attached hydrogen (secondary N) is 2. The van der Waals surface area contributed by atoms with Gasteiger partial charge in [-0.3, -0.25) is 9.59 Å². The highest BCUT2D eigenvalue weighted by Crippen LogP contribution is 2.25. The first-order valence-corrected chi connectivity index (χ1v) is 10.0. The molecular formula is C16H13N3O7S2. The standard InChI is InChI=1S/C16H13N3O7S2/c1-8-2-4-10(5-3-8)28(25,26)18-16(24)17-7-9-6-11(15(22)23)14(27-9)19-12(20)13(19)21/h2-6H,7H2,1H3,(H,22,23)(H2,17,18,24). The van der Waals surface area contributed by atoms with Crippen molar-refractivity contribution >= 4 is 33.4 Å². The number of sulfonamides is 1. The second-order valence-electron chi connectivity index (χ2n) is 5.78. The maximum Gasteiger partial charge on any atom is 0.338 e. The van der Waals surface area contributed by atoms with Crippen molar-refractivity contribution in [2.45, 2.75) is 18.4 Å². The molecule has 0 aliphatic rings. The first-order valence-electron chi connectivity index (χ1n) is 7.72. The smallest absolute Gasteiger partial charge is 0.338 e. The molecule has 1 aromatic carbocycles. The molecule has 0 saturated carbocycles. The first kappa shape index (κ1) is 19.5. The second-order valence-corrected chi connectivity index (χ2v) is 8.58. The number of carboxylic acids is 1. The molecule has 2 aromatic heterocycles. The van der Waals surface area contributed by atoms with Gasteiger partial charge in [0, 0.05) is 4.88 Å². The lowest BCUT2D eigenvalue weighted by Gasteiger charge is -2.08. The van der Waals surface area contributed by atoms with E-state index in [1.165, 1.54) is 18.2 Å². The number of hydrogen-bond acceptors (Lipinski definition) is 7. The van der Waals surface area contributed by atoms with Crippen LogP contribution in [0.5, 0.6) is 0 Å². The topological polar surface area (TPSA) is 152 Å². The van der Waals surface area contributed by atoms with Crippen molar-refractivity contribution in [1.82, 2.24) is 14.6 Å². The number of benzene rings is 1. The molecule has 0 fully saturated rings. The van der Waals surface area contributed by atoms with Gasteiger partial charge in [-0.2, -0.15) is 0 Å². The summed E-state index contributed by atoms with van der Waals surface area (Å²) in [6.07, 6.45) is 0. The normalized spacial score (nSPS) is 11.5. The van der Waals surface area contributed by atoms with Crippen LogP contribution >= 0.6 is 11.3 Å². The SMILES string of the molecule is Cc1ccc(S(=O)(=O)NC(=O)NCc2cc(C(=O)O)c(-n3c(=O)c3=O)s2)cc1. The molecule has 0 aliphatic carbocycles. The van der Waals surface area contributed by atoms with Gasteiger partial charge >= 0.3 is 23.1 Å². The minimum Gasteiger partial charge on any atom is -0.478 e. The number of carbonyl (C=O) groups excluding carboxylic acids is 1. The molecule has 0 aliphatic heterocycles. The van der Waals surface area contributed by atoms with Crippen LogP contribution in [0.4, 0.5) is 4.79 Å². The molecule has 0 bridgehead atoms. The predicted octanol–water partition coefficient (Wildman–Crippen LogP) is 0.330. The Hall–Kier alpha value is -3.25. The minimum atomic E-state index is -4.07. The Labute approximate surface area is 161 Å². The van der Waals surface area contributed by atoms with Crippen molar-refractivity contribution in [1.29, 1.82) is 0 Å². The van der Waals surface area contributed by atoms with E-state index in [0.29, 0.717) is 4.88 Å². The first-order chi connectivity index (χ1) is 13.1. The molecule has 146 valence electrons. The third-order valence-corrected chi connectivity index (χ3v) is 6.18. The molecule has 10 nitrogen and oxygen atoms in total. The third-order valence-electron chi connectivity index (χ3n) is 3.72. The van der Waals surface area contributed by atoms with E-state index >= 15 is 0 Å². The Morgan fingerprint density at radius 2 is 1.75 bits per heavy atom. The van der Waals surface area contributed by atoms with Crippen LogP contribution < -0.4 is 21.2 Å². The number of amides is 2. The number of thiophene rings is 1. The summed E-state index contributed by atoms with van der Waals surface area (Å²) >= 11 is 0.835. The van der Waals surface area contributed by atoms with E-state index < -0.39 is 33.1 Å². The van der Waals surface area contributed by atoms with Gasteiger partial charge in [0.25, 0.3) is 10.0 Å². The van der Waals surface area contributed by atoms with E-state index in [4.69, 9.17) is 0 Å². The van der Waals surface area contributed by atoms with Crippen molar-refractivity contribution in [3.05, 3.63) is 67.0 Å². The minimum absolute atomic E-state index is 0.0491. The molecule has 0 unspecified atom stereocenters. The average Bonchev–Trinajstić information content (AvgIpc) is 3.03. The maximum atomic E-state index is 12.2. The molecule has 12 heteroatoms. The largest absolute Gasteiger partial charge is 0.478 e. The molecule has 3 aromatic rings. The lowest BCUT2D eigenvalue weighted by atomic mass is 10.2. The number of aryl methyl sites for hydroxylation is 1. The zero-order valence-corrected chi connectivity index (χ0v) is 15.9. The average molecular weight is 423 g/mol. The van der Waals surface area contributed by atoms with Crippen LogP contribution in [-0.4, -0.2) is 30.1 Å². The Morgan fingerprint density at radius 3 is 2.29 bits per heavy atom. The molecule has 3 N–H and O–H groups in total. The Balaban J connectivity index is 1.70. The van der Waals surface area contributed by atoms with Gasteiger partial charge in [0.05, 0.1) is 17.0 Å². The summed E-state index contributed by atoms with van der Waals surface area (Å²) in [5.41, 5.74) is -1.03. The van der Waals surface area contributed by atoms with Crippen molar-refractivity contribution in [2.24, 2.45) is 0 Å². The van der Waals surface area contributed by atoms with Crippen LogP contribution in [0.25, 0.3) is 5.00 Å². The van der Waals surface area contributed by atoms with E-state index in [-0.39, 0.29) is 22.0 Å². The summed E-state index contributed by atoms with van der Waals surface area (Å²) in [4.78, 5) is 45.9. The fraction of sp³-hybridized carbons (Fsp3) is 0.125. The summed E-state index contributed by atoms with van der Waals surface area (Å²) < 4.78 is 26.9. The van der Waals surface area contributed by atoms with Gasteiger partial charge in [0.2, 0.25) is 0 Å². The molecule has 28 heavy (non-hydrogen) atoms. The van der Waals surface area contributed by atoms with Crippen molar-refractivity contribution in [2.75, 3.05) is 0 Å². The maximum absolute atomic E-state index is 12.2. The van der Waals surface area contributed by atoms with Gasteiger partial charge in [0.15, 0.2) is 0 Å². The van der Waals surface area contributed by atoms with Gasteiger partial charge < -0.3 is 10.4 Å². The van der Waals surface area contributed by atoms with E-state index in [9.17, 15) is 32.7 Å². The van der Waals surface area contributed by atoms with Gasteiger partial charge in [-0.05, 0) is 25.1 Å². The summed E-state index contributed by atoms with van der Waals surface area (Å²) in [5.74, 6) is -1.34. The van der Waals surface area contributed by atoms with Gasteiger partial charge in [-0.25, -0.2) is 27.3 Å². The highest BCUT2D eigenvalue weighted by molar-refractivity contribution is 7.90. The van der Waals surface area contributed by atoms with Crippen molar-refractivity contribution < 1.29 is 23.1 Å². The van der Waals surface area contributed by atoms with Crippen LogP contribution in [0, 0.1) is 6.92 Å². The van der Waals surface area contributed by atoms with Crippen LogP contribution in [0.3, 0.4) is 0 Å². The van der Waals surface area contributed by atoms with E-state index in [0.717, 1.165) is 21.5 Å². The van der Waals surface area contributed by atoms with Gasteiger partial charge in [0.1, 0.15) is 5.00 Å². The predicted molar refractivity (Wildman–Crippen MR) is 99.3 cm³/mol. The zero-order valence-electron chi connectivity index (χ0n) is 14.3. The third kappa shape index (κ3) is 3.87. The van der Waals surface area contributed by atoms with Gasteiger partial charge in [-0.15, -0.1) is 11.3 Å². The lowest BCUT2D eigenvalue weighted by molar-refractivity contribution is 0.0697. The Kier molecular flexibility index (Phi) is 4.91. The van der Waals surface area contributed by atoms with Crippen LogP contribution in [-0.2, 0) is 16.6 Å². The fourth-order valence-electron chi connectivity index (χ4n) is 2.26. The monoisotopic (exact) mass is 423 g/mol. The number of carboxylic acid groups (broad SMARTS) is 1. The highest BCUT2D eigenvalue weighted by atomic mass is 32.2. The van der Waals surface area contributed by atoms with Gasteiger partial charge in [-0.1, -0.05) is 17.7 Å². The quantitative estimate of drug-likeness (QED) is 0.483. The zero-order chi connectivity index (χ0) is 20.6. The second kappa shape index (κ2) is 7.05. The van der Waals surface area contributed by atoms with E-state index in [1.807, 2.05) is 4.72 Å². The highest BCUT2D eigenvalue weighted by Gasteiger charge is 2.26. The molecule has 0 atom stereocenters. The van der Waals surface area contributed by atoms with E-state index in [2.05, 4.69) is 5.32 Å². The number of urea groups is 1. The number of hydrogen-bond donors (Lipinski definition) is 3. The molecule has 2 amide bonds. The molecule has 3 rings (SSSR count). The summed E-state index contributed by atoms with van der Waals surface area (Å²) in [6.45, 7) is 1.59. The number of aromatic nitrogens is 1. The van der Waals surface area contributed by atoms with Crippen LogP contribution in [0.2, 0.25) is 0 Å². The molecule has 0 spiro atoms. The van der Waals surface area contributed by atoms with Crippen LogP contribution in [0.15, 0.2) is 44.8 Å². The molecule has 0 radical (unpaired) electrons. The number of rotatable bonds is 6. The molecule has 2 heterocycles. The van der Waals surface area contributed by atoms with Crippen molar-refractivity contribution in [3.8, 4) is 5.00 Å². The molecule has 0 saturated heterocycles. The summed E-state index contributed by atoms with van der Waals surface area (Å²) in [6, 6.07) is 6.08. The summed E-state index contributed by atoms with van der Waals surface area (Å²) in [5, 5.41) is 11.4. The lowest BCUT2D eigenvalue weighted by Crippen LogP contribution is -2.38. The van der Waals surface area contributed by atoms with E-state index in [1.54, 1.807) is 19.1 Å². The Bertz CT molecular complexity index is 1220. The fourth-order valence-corrected chi connectivity index (χ4v) is 4.27. The number of carbonyl (C=O) groups is 2. The molecular weight excluding hydrogens is 410 g/mol. The van der Waals surface area contributed by atoms with Crippen LogP contribution in [0.1, 0.15) is 20.8 Å². The number of aromatic carboxylic acids is 1.